The number of Topliss-reactive ketones (excluding diaryl/α,β-unsaturated/α-hetero) is 1. The maximum atomic E-state index is 12.2. The molecule has 1 aromatic heterocycles. The predicted octanol–water partition coefficient (Wildman–Crippen LogP) is 2.44. The number of phenols is 1. The lowest BCUT2D eigenvalue weighted by atomic mass is 10.0. The van der Waals surface area contributed by atoms with Gasteiger partial charge in [-0.15, -0.1) is 10.2 Å². The quantitative estimate of drug-likeness (QED) is 0.309. The number of ether oxygens (including phenoxy) is 2. The van der Waals surface area contributed by atoms with Crippen molar-refractivity contribution in [2.24, 2.45) is 0 Å². The first-order chi connectivity index (χ1) is 16.3. The summed E-state index contributed by atoms with van der Waals surface area (Å²) in [5, 5.41) is 36.3. The van der Waals surface area contributed by atoms with E-state index in [0.717, 1.165) is 12.0 Å². The van der Waals surface area contributed by atoms with E-state index in [-0.39, 0.29) is 36.1 Å². The first-order valence-corrected chi connectivity index (χ1v) is 10.7. The van der Waals surface area contributed by atoms with Crippen molar-refractivity contribution in [3.05, 3.63) is 52.8 Å². The maximum absolute atomic E-state index is 12.2. The number of hydrogen-bond acceptors (Lipinski definition) is 9. The highest BCUT2D eigenvalue weighted by atomic mass is 16.5. The van der Waals surface area contributed by atoms with Gasteiger partial charge in [-0.3, -0.25) is 9.59 Å². The average molecular weight is 469 g/mol. The van der Waals surface area contributed by atoms with Crippen LogP contribution in [-0.2, 0) is 6.42 Å². The lowest BCUT2D eigenvalue weighted by Crippen LogP contribution is -2.25. The third-order valence-corrected chi connectivity index (χ3v) is 5.00. The van der Waals surface area contributed by atoms with Gasteiger partial charge < -0.3 is 25.0 Å². The summed E-state index contributed by atoms with van der Waals surface area (Å²) < 4.78 is 11.4. The summed E-state index contributed by atoms with van der Waals surface area (Å²) in [5.74, 6) is -0.103. The van der Waals surface area contributed by atoms with Crippen LogP contribution in [-0.4, -0.2) is 61.8 Å². The van der Waals surface area contributed by atoms with Gasteiger partial charge in [-0.1, -0.05) is 19.4 Å². The van der Waals surface area contributed by atoms with E-state index in [1.165, 1.54) is 13.0 Å². The van der Waals surface area contributed by atoms with Crippen molar-refractivity contribution >= 4 is 17.4 Å². The van der Waals surface area contributed by atoms with Gasteiger partial charge in [0.25, 0.3) is 11.7 Å². The molecule has 1 atom stereocenters. The van der Waals surface area contributed by atoms with Crippen LogP contribution in [0, 0.1) is 6.92 Å². The molecule has 0 aliphatic rings. The number of carbonyl (C=O) groups excluding carboxylic acids is 2. The Kier molecular flexibility index (Phi) is 8.14. The zero-order chi connectivity index (χ0) is 24.7. The van der Waals surface area contributed by atoms with E-state index < -0.39 is 12.0 Å². The highest BCUT2D eigenvalue weighted by Crippen LogP contribution is 2.33. The number of rotatable bonds is 11. The number of aryl methyl sites for hydroxylation is 1. The van der Waals surface area contributed by atoms with Gasteiger partial charge in [0, 0.05) is 17.3 Å². The Morgan fingerprint density at radius 2 is 1.94 bits per heavy atom. The highest BCUT2D eigenvalue weighted by Gasteiger charge is 2.17. The molecule has 0 spiro atoms. The fourth-order valence-electron chi connectivity index (χ4n) is 3.22. The number of anilines is 1. The van der Waals surface area contributed by atoms with Crippen molar-refractivity contribution < 1.29 is 29.3 Å². The monoisotopic (exact) mass is 469 g/mol. The molecule has 180 valence electrons. The Balaban J connectivity index is 1.59. The lowest BCUT2D eigenvalue weighted by Gasteiger charge is -2.18. The number of nitrogens with one attached hydrogen (secondary N) is 2. The summed E-state index contributed by atoms with van der Waals surface area (Å²) in [4.78, 5) is 23.8. The normalized spacial score (nSPS) is 11.6. The molecule has 0 radical (unpaired) electrons. The number of amides is 1. The molecule has 3 aromatic rings. The molecular weight excluding hydrogens is 442 g/mol. The molecule has 0 fully saturated rings. The van der Waals surface area contributed by atoms with Crippen LogP contribution < -0.4 is 14.8 Å². The van der Waals surface area contributed by atoms with Crippen molar-refractivity contribution in [1.82, 2.24) is 20.6 Å². The number of hydrogen-bond donors (Lipinski definition) is 4. The molecule has 34 heavy (non-hydrogen) atoms. The van der Waals surface area contributed by atoms with E-state index in [0.29, 0.717) is 29.2 Å². The largest absolute Gasteiger partial charge is 0.507 e. The Bertz CT molecular complexity index is 1150. The summed E-state index contributed by atoms with van der Waals surface area (Å²) in [6, 6.07) is 8.23. The molecule has 0 aliphatic heterocycles. The molecule has 11 nitrogen and oxygen atoms in total. The molecule has 0 saturated carbocycles. The Morgan fingerprint density at radius 1 is 1.18 bits per heavy atom. The fraction of sp³-hybridized carbons (Fsp3) is 0.348. The second kappa shape index (κ2) is 11.2. The predicted molar refractivity (Wildman–Crippen MR) is 122 cm³/mol. The SMILES string of the molecule is CCCc1c(OCC(O)COc2ccc(C)c(NC(=O)c3nn[nH]n3)c2)ccc(C(C)=O)c1O. The van der Waals surface area contributed by atoms with E-state index in [2.05, 4.69) is 25.9 Å². The third-order valence-electron chi connectivity index (χ3n) is 5.00. The first-order valence-electron chi connectivity index (χ1n) is 10.7. The molecule has 4 N–H and O–H groups in total. The number of aliphatic hydroxyl groups is 1. The van der Waals surface area contributed by atoms with Crippen LogP contribution in [0.25, 0.3) is 0 Å². The number of aromatic hydroxyl groups is 1. The highest BCUT2D eigenvalue weighted by molar-refractivity contribution is 6.01. The van der Waals surface area contributed by atoms with Crippen LogP contribution >= 0.6 is 0 Å². The van der Waals surface area contributed by atoms with Crippen LogP contribution in [0.5, 0.6) is 17.2 Å². The molecule has 0 aliphatic carbocycles. The van der Waals surface area contributed by atoms with Gasteiger partial charge in [-0.05, 0) is 49.2 Å². The van der Waals surface area contributed by atoms with Crippen LogP contribution in [0.3, 0.4) is 0 Å². The zero-order valence-corrected chi connectivity index (χ0v) is 19.2. The van der Waals surface area contributed by atoms with Crippen LogP contribution in [0.15, 0.2) is 30.3 Å². The van der Waals surface area contributed by atoms with Crippen LogP contribution in [0.1, 0.15) is 52.4 Å². The molecule has 1 amide bonds. The molecule has 2 aromatic carbocycles. The minimum Gasteiger partial charge on any atom is -0.507 e. The van der Waals surface area contributed by atoms with E-state index in [1.807, 2.05) is 13.8 Å². The summed E-state index contributed by atoms with van der Waals surface area (Å²) in [5.41, 5.74) is 2.07. The molecular formula is C23H27N5O6. The minimum atomic E-state index is -0.970. The van der Waals surface area contributed by atoms with Gasteiger partial charge in [0.05, 0.1) is 5.56 Å². The number of phenolic OH excluding ortho intramolecular Hbond substituents is 1. The smallest absolute Gasteiger partial charge is 0.297 e. The number of ketones is 1. The van der Waals surface area contributed by atoms with Crippen molar-refractivity contribution in [3.63, 3.8) is 0 Å². The van der Waals surface area contributed by atoms with Gasteiger partial charge >= 0.3 is 0 Å². The van der Waals surface area contributed by atoms with E-state index in [4.69, 9.17) is 9.47 Å². The Morgan fingerprint density at radius 3 is 2.62 bits per heavy atom. The number of aliphatic hydroxyl groups excluding tert-OH is 1. The van der Waals surface area contributed by atoms with E-state index in [1.54, 1.807) is 24.3 Å². The number of H-pyrrole nitrogens is 1. The second-order valence-electron chi connectivity index (χ2n) is 7.69. The zero-order valence-electron chi connectivity index (χ0n) is 19.2. The number of nitrogens with zero attached hydrogens (tertiary/aromatic N) is 3. The van der Waals surface area contributed by atoms with Crippen molar-refractivity contribution in [1.29, 1.82) is 0 Å². The number of aromatic amines is 1. The average Bonchev–Trinajstić information content (AvgIpc) is 3.35. The maximum Gasteiger partial charge on any atom is 0.297 e. The van der Waals surface area contributed by atoms with Gasteiger partial charge in [0.1, 0.15) is 36.6 Å². The molecule has 1 heterocycles. The van der Waals surface area contributed by atoms with Crippen molar-refractivity contribution in [3.8, 4) is 17.2 Å². The molecule has 11 heteroatoms. The molecule has 0 saturated heterocycles. The number of benzene rings is 2. The second-order valence-corrected chi connectivity index (χ2v) is 7.69. The van der Waals surface area contributed by atoms with Crippen LogP contribution in [0.4, 0.5) is 5.69 Å². The van der Waals surface area contributed by atoms with Gasteiger partial charge in [-0.25, -0.2) is 0 Å². The molecule has 1 unspecified atom stereocenters. The Hall–Kier alpha value is -3.99. The Labute approximate surface area is 196 Å². The molecule has 0 bridgehead atoms. The summed E-state index contributed by atoms with van der Waals surface area (Å²) >= 11 is 0. The number of tetrazole rings is 1. The van der Waals surface area contributed by atoms with E-state index in [9.17, 15) is 19.8 Å². The summed E-state index contributed by atoms with van der Waals surface area (Å²) in [6.07, 6.45) is 0.301. The molecule has 3 rings (SSSR count). The topological polar surface area (TPSA) is 160 Å². The standard InChI is InChI=1S/C23H27N5O6/c1-4-5-18-20(9-8-17(14(3)29)21(18)31)34-12-15(30)11-33-16-7-6-13(2)19(10-16)24-23(32)22-25-27-28-26-22/h6-10,15,30-31H,4-5,11-12H2,1-3H3,(H,24,32)(H,25,26,27,28). The lowest BCUT2D eigenvalue weighted by molar-refractivity contribution is 0.0622. The fourth-order valence-corrected chi connectivity index (χ4v) is 3.22. The van der Waals surface area contributed by atoms with E-state index >= 15 is 0 Å². The summed E-state index contributed by atoms with van der Waals surface area (Å²) in [6.45, 7) is 5.01. The first kappa shape index (κ1) is 24.6. The van der Waals surface area contributed by atoms with Gasteiger partial charge in [0.2, 0.25) is 0 Å². The van der Waals surface area contributed by atoms with Gasteiger partial charge in [-0.2, -0.15) is 5.21 Å². The van der Waals surface area contributed by atoms with Crippen molar-refractivity contribution in [2.45, 2.75) is 39.7 Å². The van der Waals surface area contributed by atoms with Crippen LogP contribution in [0.2, 0.25) is 0 Å². The number of carbonyl (C=O) groups is 2. The number of aromatic nitrogens is 4. The van der Waals surface area contributed by atoms with Gasteiger partial charge in [0.15, 0.2) is 5.78 Å². The summed E-state index contributed by atoms with van der Waals surface area (Å²) in [7, 11) is 0. The minimum absolute atomic E-state index is 0.0675. The third kappa shape index (κ3) is 6.07. The van der Waals surface area contributed by atoms with Crippen molar-refractivity contribution in [2.75, 3.05) is 18.5 Å².